The Balaban J connectivity index is 2.69. The molecule has 18 heavy (non-hydrogen) atoms. The van der Waals surface area contributed by atoms with Crippen LogP contribution in [0.25, 0.3) is 0 Å². The van der Waals surface area contributed by atoms with Gasteiger partial charge in [0.15, 0.2) is 0 Å². The second-order valence-corrected chi connectivity index (χ2v) is 4.80. The summed E-state index contributed by atoms with van der Waals surface area (Å²) in [5.74, 6) is -0.196. The molecule has 0 saturated heterocycles. The van der Waals surface area contributed by atoms with E-state index in [-0.39, 0.29) is 18.6 Å². The van der Waals surface area contributed by atoms with E-state index >= 15 is 0 Å². The number of hydrogen-bond donors (Lipinski definition) is 0. The van der Waals surface area contributed by atoms with Crippen LogP contribution in [0.15, 0.2) is 24.3 Å². The Morgan fingerprint density at radius 1 is 1.39 bits per heavy atom. The zero-order chi connectivity index (χ0) is 13.5. The Bertz CT molecular complexity index is 393. The van der Waals surface area contributed by atoms with Gasteiger partial charge < -0.3 is 4.74 Å². The molecule has 0 heterocycles. The Kier molecular flexibility index (Phi) is 6.16. The predicted molar refractivity (Wildman–Crippen MR) is 73.6 cm³/mol. The van der Waals surface area contributed by atoms with Gasteiger partial charge in [-0.05, 0) is 32.4 Å². The first-order valence-electron chi connectivity index (χ1n) is 6.17. The van der Waals surface area contributed by atoms with Crippen LogP contribution in [0, 0.1) is 0 Å². The summed E-state index contributed by atoms with van der Waals surface area (Å²) in [4.78, 5) is 13.6. The molecule has 0 bridgehead atoms. The summed E-state index contributed by atoms with van der Waals surface area (Å²) in [5, 5.41) is 0.729. The van der Waals surface area contributed by atoms with Gasteiger partial charge in [-0.2, -0.15) is 0 Å². The van der Waals surface area contributed by atoms with E-state index in [9.17, 15) is 4.79 Å². The van der Waals surface area contributed by atoms with E-state index in [4.69, 9.17) is 16.3 Å². The maximum atomic E-state index is 11.5. The molecule has 100 valence electrons. The number of nitrogens with zero attached hydrogens (tertiary/aromatic N) is 1. The number of ether oxygens (including phenoxy) is 1. The van der Waals surface area contributed by atoms with E-state index in [1.165, 1.54) is 0 Å². The minimum absolute atomic E-state index is 0.196. The third-order valence-corrected chi connectivity index (χ3v) is 3.07. The number of halogens is 1. The van der Waals surface area contributed by atoms with Crippen molar-refractivity contribution in [3.8, 4) is 0 Å². The van der Waals surface area contributed by atoms with Crippen LogP contribution in [0.5, 0.6) is 0 Å². The summed E-state index contributed by atoms with van der Waals surface area (Å²) >= 11 is 6.13. The molecule has 4 heteroatoms. The van der Waals surface area contributed by atoms with Crippen LogP contribution in [-0.4, -0.2) is 30.1 Å². The van der Waals surface area contributed by atoms with Crippen molar-refractivity contribution in [2.24, 2.45) is 0 Å². The number of rotatable bonds is 6. The Morgan fingerprint density at radius 3 is 2.61 bits per heavy atom. The molecule has 0 aliphatic carbocycles. The molecule has 0 saturated carbocycles. The number of carbonyl (C=O) groups excluding carboxylic acids is 1. The van der Waals surface area contributed by atoms with Crippen molar-refractivity contribution in [2.45, 2.75) is 33.4 Å². The summed E-state index contributed by atoms with van der Waals surface area (Å²) in [6.07, 6.45) is 0. The fraction of sp³-hybridized carbons (Fsp3) is 0.500. The molecule has 1 rings (SSSR count). The van der Waals surface area contributed by atoms with Crippen LogP contribution < -0.4 is 0 Å². The van der Waals surface area contributed by atoms with Gasteiger partial charge in [0.25, 0.3) is 0 Å². The number of carbonyl (C=O) groups is 1. The number of hydrogen-bond acceptors (Lipinski definition) is 3. The molecule has 0 aromatic heterocycles. The van der Waals surface area contributed by atoms with Crippen LogP contribution in [-0.2, 0) is 16.1 Å². The van der Waals surface area contributed by atoms with E-state index in [1.54, 1.807) is 0 Å². The van der Waals surface area contributed by atoms with Gasteiger partial charge in [-0.15, -0.1) is 0 Å². The first kappa shape index (κ1) is 15.0. The predicted octanol–water partition coefficient (Wildman–Crippen LogP) is 3.11. The van der Waals surface area contributed by atoms with Gasteiger partial charge in [0.05, 0.1) is 13.2 Å². The Labute approximate surface area is 114 Å². The zero-order valence-electron chi connectivity index (χ0n) is 11.1. The molecule has 0 fully saturated rings. The topological polar surface area (TPSA) is 29.5 Å². The second kappa shape index (κ2) is 7.39. The van der Waals surface area contributed by atoms with E-state index < -0.39 is 0 Å². The summed E-state index contributed by atoms with van der Waals surface area (Å²) in [6, 6.07) is 7.94. The lowest BCUT2D eigenvalue weighted by Gasteiger charge is -2.25. The molecule has 0 amide bonds. The van der Waals surface area contributed by atoms with Crippen molar-refractivity contribution in [3.63, 3.8) is 0 Å². The maximum absolute atomic E-state index is 11.5. The van der Waals surface area contributed by atoms with Crippen molar-refractivity contribution in [2.75, 3.05) is 13.2 Å². The van der Waals surface area contributed by atoms with E-state index in [0.29, 0.717) is 13.2 Å². The third kappa shape index (κ3) is 4.67. The molecule has 0 radical (unpaired) electrons. The van der Waals surface area contributed by atoms with Gasteiger partial charge in [0, 0.05) is 17.6 Å². The maximum Gasteiger partial charge on any atom is 0.320 e. The third-order valence-electron chi connectivity index (χ3n) is 2.70. The minimum Gasteiger partial charge on any atom is -0.465 e. The molecule has 1 aromatic carbocycles. The van der Waals surface area contributed by atoms with Crippen LogP contribution in [0.1, 0.15) is 26.3 Å². The molecule has 3 nitrogen and oxygen atoms in total. The number of benzene rings is 1. The average Bonchev–Trinajstić information content (AvgIpc) is 2.31. The molecule has 0 spiro atoms. The quantitative estimate of drug-likeness (QED) is 0.743. The van der Waals surface area contributed by atoms with E-state index in [2.05, 4.69) is 13.8 Å². The largest absolute Gasteiger partial charge is 0.465 e. The molecule has 1 aromatic rings. The first-order chi connectivity index (χ1) is 8.54. The highest BCUT2D eigenvalue weighted by molar-refractivity contribution is 6.31. The van der Waals surface area contributed by atoms with Crippen LogP contribution in [0.2, 0.25) is 5.02 Å². The Morgan fingerprint density at radius 2 is 2.06 bits per heavy atom. The van der Waals surface area contributed by atoms with Gasteiger partial charge in [0.1, 0.15) is 0 Å². The average molecular weight is 270 g/mol. The molecule has 0 aliphatic heterocycles. The van der Waals surface area contributed by atoms with Crippen molar-refractivity contribution >= 4 is 17.6 Å². The normalized spacial score (nSPS) is 11.0. The van der Waals surface area contributed by atoms with E-state index in [1.807, 2.05) is 36.1 Å². The summed E-state index contributed by atoms with van der Waals surface area (Å²) in [6.45, 7) is 7.27. The van der Waals surface area contributed by atoms with Gasteiger partial charge in [-0.25, -0.2) is 0 Å². The van der Waals surface area contributed by atoms with Crippen LogP contribution in [0.4, 0.5) is 0 Å². The highest BCUT2D eigenvalue weighted by Crippen LogP contribution is 2.18. The monoisotopic (exact) mass is 269 g/mol. The van der Waals surface area contributed by atoms with Crippen LogP contribution in [0.3, 0.4) is 0 Å². The summed E-state index contributed by atoms with van der Waals surface area (Å²) in [5.41, 5.74) is 1.03. The fourth-order valence-corrected chi connectivity index (χ4v) is 1.83. The van der Waals surface area contributed by atoms with Crippen molar-refractivity contribution in [1.29, 1.82) is 0 Å². The standard InChI is InChI=1S/C14H20ClNO2/c1-4-18-14(17)10-16(11(2)3)9-12-7-5-6-8-13(12)15/h5-8,11H,4,9-10H2,1-3H3. The SMILES string of the molecule is CCOC(=O)CN(Cc1ccccc1Cl)C(C)C. The lowest BCUT2D eigenvalue weighted by molar-refractivity contribution is -0.145. The summed E-state index contributed by atoms with van der Waals surface area (Å²) in [7, 11) is 0. The molecule has 0 N–H and O–H groups in total. The lowest BCUT2D eigenvalue weighted by Crippen LogP contribution is -2.36. The van der Waals surface area contributed by atoms with Crippen molar-refractivity contribution in [3.05, 3.63) is 34.9 Å². The van der Waals surface area contributed by atoms with Gasteiger partial charge in [-0.3, -0.25) is 9.69 Å². The smallest absolute Gasteiger partial charge is 0.320 e. The molecular weight excluding hydrogens is 250 g/mol. The van der Waals surface area contributed by atoms with Gasteiger partial charge in [-0.1, -0.05) is 29.8 Å². The molecule has 0 aliphatic rings. The second-order valence-electron chi connectivity index (χ2n) is 4.40. The first-order valence-corrected chi connectivity index (χ1v) is 6.55. The summed E-state index contributed by atoms with van der Waals surface area (Å²) < 4.78 is 4.98. The molecule has 0 atom stereocenters. The molecule has 0 unspecified atom stereocenters. The Hall–Kier alpha value is -1.06. The van der Waals surface area contributed by atoms with Crippen molar-refractivity contribution in [1.82, 2.24) is 4.90 Å². The van der Waals surface area contributed by atoms with Gasteiger partial charge in [0.2, 0.25) is 0 Å². The van der Waals surface area contributed by atoms with Gasteiger partial charge >= 0.3 is 5.97 Å². The van der Waals surface area contributed by atoms with E-state index in [0.717, 1.165) is 10.6 Å². The fourth-order valence-electron chi connectivity index (χ4n) is 1.64. The minimum atomic E-state index is -0.196. The van der Waals surface area contributed by atoms with Crippen molar-refractivity contribution < 1.29 is 9.53 Å². The van der Waals surface area contributed by atoms with Crippen LogP contribution >= 0.6 is 11.6 Å². The highest BCUT2D eigenvalue weighted by Gasteiger charge is 2.16. The number of esters is 1. The lowest BCUT2D eigenvalue weighted by atomic mass is 10.2. The zero-order valence-corrected chi connectivity index (χ0v) is 11.9. The highest BCUT2D eigenvalue weighted by atomic mass is 35.5. The molecular formula is C14H20ClNO2.